The zero-order chi connectivity index (χ0) is 13.2. The number of hydrogen-bond acceptors (Lipinski definition) is 3. The molecule has 0 bridgehead atoms. The van der Waals surface area contributed by atoms with Gasteiger partial charge in [-0.15, -0.1) is 0 Å². The average molecular weight is 313 g/mol. The summed E-state index contributed by atoms with van der Waals surface area (Å²) in [5.41, 5.74) is 0.405. The maximum Gasteiger partial charge on any atom is 0.256 e. The molecule has 4 nitrogen and oxygen atoms in total. The normalized spacial score (nSPS) is 24.1. The molecule has 0 radical (unpaired) electrons. The van der Waals surface area contributed by atoms with Crippen LogP contribution in [0.25, 0.3) is 0 Å². The molecule has 2 rings (SSSR count). The first-order valence-corrected chi connectivity index (χ1v) is 6.86. The van der Waals surface area contributed by atoms with Gasteiger partial charge in [0.15, 0.2) is 0 Å². The Morgan fingerprint density at radius 1 is 1.67 bits per heavy atom. The van der Waals surface area contributed by atoms with Gasteiger partial charge in [-0.25, -0.2) is 4.98 Å². The predicted octanol–water partition coefficient (Wildman–Crippen LogP) is 2.08. The minimum absolute atomic E-state index is 0.0191. The number of halogens is 1. The van der Waals surface area contributed by atoms with Crippen LogP contribution in [0.5, 0.6) is 0 Å². The second-order valence-corrected chi connectivity index (χ2v) is 5.89. The molecule has 1 N–H and O–H groups in total. The molecule has 1 fully saturated rings. The van der Waals surface area contributed by atoms with E-state index in [9.17, 15) is 9.90 Å². The number of aromatic nitrogens is 1. The molecule has 0 aliphatic carbocycles. The van der Waals surface area contributed by atoms with Crippen LogP contribution in [-0.4, -0.2) is 40.6 Å². The number of rotatable bonds is 2. The van der Waals surface area contributed by atoms with E-state index in [1.807, 2.05) is 11.8 Å². The fourth-order valence-electron chi connectivity index (χ4n) is 2.33. The van der Waals surface area contributed by atoms with E-state index in [0.717, 1.165) is 19.4 Å². The van der Waals surface area contributed by atoms with E-state index >= 15 is 0 Å². The molecule has 98 valence electrons. The van der Waals surface area contributed by atoms with Crippen molar-refractivity contribution in [2.75, 3.05) is 19.7 Å². The Labute approximate surface area is 115 Å². The van der Waals surface area contributed by atoms with Crippen molar-refractivity contribution in [1.29, 1.82) is 0 Å². The molecule has 18 heavy (non-hydrogen) atoms. The summed E-state index contributed by atoms with van der Waals surface area (Å²) in [6, 6.07) is 3.53. The summed E-state index contributed by atoms with van der Waals surface area (Å²) < 4.78 is 0.575. The Morgan fingerprint density at radius 3 is 3.11 bits per heavy atom. The van der Waals surface area contributed by atoms with Crippen LogP contribution in [0.15, 0.2) is 22.9 Å². The molecule has 1 unspecified atom stereocenters. The van der Waals surface area contributed by atoms with E-state index in [4.69, 9.17) is 0 Å². The highest BCUT2D eigenvalue weighted by atomic mass is 79.9. The van der Waals surface area contributed by atoms with Crippen LogP contribution in [-0.2, 0) is 0 Å². The van der Waals surface area contributed by atoms with Crippen LogP contribution in [0.4, 0.5) is 0 Å². The molecular formula is C13H17BrN2O2. The van der Waals surface area contributed by atoms with E-state index < -0.39 is 0 Å². The van der Waals surface area contributed by atoms with Gasteiger partial charge in [0.2, 0.25) is 0 Å². The summed E-state index contributed by atoms with van der Waals surface area (Å²) in [5.74, 6) is -0.0191. The fourth-order valence-corrected chi connectivity index (χ4v) is 2.75. The highest BCUT2D eigenvalue weighted by molar-refractivity contribution is 9.10. The van der Waals surface area contributed by atoms with Gasteiger partial charge in [0.25, 0.3) is 5.91 Å². The van der Waals surface area contributed by atoms with Crippen molar-refractivity contribution in [2.45, 2.75) is 19.8 Å². The summed E-state index contributed by atoms with van der Waals surface area (Å²) in [6.07, 6.45) is 3.54. The van der Waals surface area contributed by atoms with E-state index in [2.05, 4.69) is 20.9 Å². The Kier molecular flexibility index (Phi) is 4.02. The lowest BCUT2D eigenvalue weighted by Gasteiger charge is -2.39. The van der Waals surface area contributed by atoms with Crippen molar-refractivity contribution in [3.63, 3.8) is 0 Å². The topological polar surface area (TPSA) is 53.4 Å². The molecule has 1 aliphatic rings. The first kappa shape index (κ1) is 13.5. The van der Waals surface area contributed by atoms with Gasteiger partial charge in [-0.2, -0.15) is 0 Å². The average Bonchev–Trinajstić information content (AvgIpc) is 2.39. The summed E-state index contributed by atoms with van der Waals surface area (Å²) in [4.78, 5) is 18.3. The Balaban J connectivity index is 2.17. The quantitative estimate of drug-likeness (QED) is 0.851. The molecule has 1 aromatic rings. The third-order valence-electron chi connectivity index (χ3n) is 3.44. The summed E-state index contributed by atoms with van der Waals surface area (Å²) in [7, 11) is 0. The standard InChI is InChI=1S/C13H17BrN2O2/c1-13(9-17)5-3-7-16(8-13)12(18)10-4-2-6-15-11(10)14/h2,4,6,17H,3,5,7-9H2,1H3. The van der Waals surface area contributed by atoms with Crippen molar-refractivity contribution >= 4 is 21.8 Å². The highest BCUT2D eigenvalue weighted by Gasteiger charge is 2.33. The van der Waals surface area contributed by atoms with Gasteiger partial charge in [0, 0.05) is 24.7 Å². The Hall–Kier alpha value is -0.940. The number of carbonyl (C=O) groups excluding carboxylic acids is 1. The lowest BCUT2D eigenvalue weighted by atomic mass is 9.82. The predicted molar refractivity (Wildman–Crippen MR) is 72.3 cm³/mol. The van der Waals surface area contributed by atoms with Crippen molar-refractivity contribution in [3.05, 3.63) is 28.5 Å². The number of nitrogens with zero attached hydrogens (tertiary/aromatic N) is 2. The zero-order valence-electron chi connectivity index (χ0n) is 10.4. The lowest BCUT2D eigenvalue weighted by molar-refractivity contribution is 0.0357. The second-order valence-electron chi connectivity index (χ2n) is 5.14. The molecule has 0 spiro atoms. The molecule has 1 amide bonds. The fraction of sp³-hybridized carbons (Fsp3) is 0.538. The Morgan fingerprint density at radius 2 is 2.44 bits per heavy atom. The van der Waals surface area contributed by atoms with E-state index in [-0.39, 0.29) is 17.9 Å². The minimum atomic E-state index is -0.178. The number of hydrogen-bond donors (Lipinski definition) is 1. The Bertz CT molecular complexity index is 452. The van der Waals surface area contributed by atoms with Gasteiger partial charge >= 0.3 is 0 Å². The molecule has 5 heteroatoms. The zero-order valence-corrected chi connectivity index (χ0v) is 12.0. The van der Waals surface area contributed by atoms with Crippen LogP contribution < -0.4 is 0 Å². The van der Waals surface area contributed by atoms with Gasteiger partial charge in [0.1, 0.15) is 4.60 Å². The second kappa shape index (κ2) is 5.36. The van der Waals surface area contributed by atoms with Crippen LogP contribution >= 0.6 is 15.9 Å². The van der Waals surface area contributed by atoms with Crippen LogP contribution in [0.2, 0.25) is 0 Å². The van der Waals surface area contributed by atoms with Crippen molar-refractivity contribution < 1.29 is 9.90 Å². The molecule has 0 saturated carbocycles. The minimum Gasteiger partial charge on any atom is -0.396 e. The third-order valence-corrected chi connectivity index (χ3v) is 4.07. The summed E-state index contributed by atoms with van der Waals surface area (Å²) in [5, 5.41) is 9.42. The summed E-state index contributed by atoms with van der Waals surface area (Å²) >= 11 is 3.30. The summed E-state index contributed by atoms with van der Waals surface area (Å²) in [6.45, 7) is 3.48. The SMILES string of the molecule is CC1(CO)CCCN(C(=O)c2cccnc2Br)C1. The van der Waals surface area contributed by atoms with E-state index in [1.165, 1.54) is 0 Å². The number of aliphatic hydroxyl groups excluding tert-OH is 1. The van der Waals surface area contributed by atoms with Crippen LogP contribution in [0, 0.1) is 5.41 Å². The van der Waals surface area contributed by atoms with E-state index in [1.54, 1.807) is 18.3 Å². The maximum absolute atomic E-state index is 12.4. The number of piperidine rings is 1. The van der Waals surface area contributed by atoms with Gasteiger partial charge < -0.3 is 10.0 Å². The van der Waals surface area contributed by atoms with Gasteiger partial charge in [-0.1, -0.05) is 6.92 Å². The van der Waals surface area contributed by atoms with Crippen molar-refractivity contribution in [3.8, 4) is 0 Å². The van der Waals surface area contributed by atoms with Gasteiger partial charge in [-0.05, 0) is 40.9 Å². The number of amides is 1. The maximum atomic E-state index is 12.4. The third kappa shape index (κ3) is 2.72. The first-order valence-electron chi connectivity index (χ1n) is 6.06. The smallest absolute Gasteiger partial charge is 0.256 e. The van der Waals surface area contributed by atoms with Crippen LogP contribution in [0.1, 0.15) is 30.1 Å². The molecule has 2 heterocycles. The monoisotopic (exact) mass is 312 g/mol. The van der Waals surface area contributed by atoms with E-state index in [0.29, 0.717) is 16.7 Å². The molecule has 1 atom stereocenters. The first-order chi connectivity index (χ1) is 8.56. The highest BCUT2D eigenvalue weighted by Crippen LogP contribution is 2.30. The molecule has 1 aromatic heterocycles. The van der Waals surface area contributed by atoms with Crippen LogP contribution in [0.3, 0.4) is 0 Å². The molecular weight excluding hydrogens is 296 g/mol. The molecule has 1 aliphatic heterocycles. The lowest BCUT2D eigenvalue weighted by Crippen LogP contribution is -2.46. The number of aliphatic hydroxyl groups is 1. The van der Waals surface area contributed by atoms with Crippen molar-refractivity contribution in [1.82, 2.24) is 9.88 Å². The van der Waals surface area contributed by atoms with Gasteiger partial charge in [-0.3, -0.25) is 4.79 Å². The largest absolute Gasteiger partial charge is 0.396 e. The number of carbonyl (C=O) groups is 1. The van der Waals surface area contributed by atoms with Crippen molar-refractivity contribution in [2.24, 2.45) is 5.41 Å². The van der Waals surface area contributed by atoms with Gasteiger partial charge in [0.05, 0.1) is 12.2 Å². The number of pyridine rings is 1. The molecule has 1 saturated heterocycles. The molecule has 0 aromatic carbocycles. The number of likely N-dealkylation sites (tertiary alicyclic amines) is 1.